The van der Waals surface area contributed by atoms with E-state index in [1.807, 2.05) is 11.8 Å². The molecule has 0 saturated carbocycles. The number of halogens is 1. The van der Waals surface area contributed by atoms with Gasteiger partial charge in [0.05, 0.1) is 16.8 Å². The number of hydrogen-bond donors (Lipinski definition) is 1. The Balaban J connectivity index is 0.00000132. The molecule has 21 heavy (non-hydrogen) atoms. The van der Waals surface area contributed by atoms with Gasteiger partial charge in [0.1, 0.15) is 11.9 Å². The molecule has 0 unspecified atom stereocenters. The van der Waals surface area contributed by atoms with Crippen LogP contribution in [0.3, 0.4) is 0 Å². The van der Waals surface area contributed by atoms with Gasteiger partial charge in [-0.1, -0.05) is 30.0 Å². The zero-order valence-corrected chi connectivity index (χ0v) is 13.4. The maximum Gasteiger partial charge on any atom is 0.214 e. The van der Waals surface area contributed by atoms with E-state index in [0.717, 1.165) is 0 Å². The average Bonchev–Trinajstić information content (AvgIpc) is 2.46. The number of aromatic nitrogens is 1. The fourth-order valence-electron chi connectivity index (χ4n) is 2.73. The summed E-state index contributed by atoms with van der Waals surface area (Å²) in [5.41, 5.74) is 4.96. The van der Waals surface area contributed by atoms with Gasteiger partial charge in [-0.05, 0) is 30.7 Å². The third-order valence-electron chi connectivity index (χ3n) is 3.73. The number of nitrogens with one attached hydrogen (secondary N) is 1. The zero-order valence-electron chi connectivity index (χ0n) is 11.9. The van der Waals surface area contributed by atoms with Crippen molar-refractivity contribution in [1.29, 1.82) is 0 Å². The molecular weight excluding hydrogens is 300 g/mol. The molecule has 0 fully saturated rings. The van der Waals surface area contributed by atoms with Crippen LogP contribution in [0, 0.1) is 6.92 Å². The fourth-order valence-corrected chi connectivity index (χ4v) is 3.79. The maximum atomic E-state index is 3.62. The van der Waals surface area contributed by atoms with Gasteiger partial charge in [0.25, 0.3) is 0 Å². The van der Waals surface area contributed by atoms with E-state index in [9.17, 15) is 0 Å². The quantitative estimate of drug-likeness (QED) is 0.491. The predicted octanol–water partition coefficient (Wildman–Crippen LogP) is 1.18. The van der Waals surface area contributed by atoms with Crippen molar-refractivity contribution in [2.75, 3.05) is 5.32 Å². The Morgan fingerprint density at radius 2 is 1.86 bits per heavy atom. The molecule has 0 bridgehead atoms. The molecule has 0 amide bonds. The number of aryl methyl sites for hydroxylation is 2. The topological polar surface area (TPSA) is 15.9 Å². The Kier molecular flexibility index (Phi) is 3.56. The number of para-hydroxylation sites is 1. The van der Waals surface area contributed by atoms with E-state index < -0.39 is 0 Å². The molecule has 0 spiro atoms. The van der Waals surface area contributed by atoms with Crippen LogP contribution in [0.5, 0.6) is 0 Å². The number of nitrogens with zero attached hydrogens (tertiary/aromatic N) is 1. The second-order valence-corrected chi connectivity index (χ2v) is 6.31. The van der Waals surface area contributed by atoms with Gasteiger partial charge in [0.15, 0.2) is 6.20 Å². The van der Waals surface area contributed by atoms with Crippen molar-refractivity contribution in [2.45, 2.75) is 16.7 Å². The second-order valence-electron chi connectivity index (χ2n) is 5.22. The average molecular weight is 315 g/mol. The molecule has 2 heterocycles. The molecule has 1 aliphatic rings. The van der Waals surface area contributed by atoms with E-state index in [1.54, 1.807) is 0 Å². The van der Waals surface area contributed by atoms with Gasteiger partial charge in [0.2, 0.25) is 5.52 Å². The number of rotatable bonds is 0. The third-order valence-corrected chi connectivity index (χ3v) is 4.83. The van der Waals surface area contributed by atoms with Crippen LogP contribution in [-0.2, 0) is 7.05 Å². The van der Waals surface area contributed by atoms with Crippen LogP contribution < -0.4 is 22.3 Å². The maximum absolute atomic E-state index is 3.62. The third kappa shape index (κ3) is 2.27. The molecule has 1 aromatic heterocycles. The molecule has 1 aliphatic heterocycles. The number of benzene rings is 2. The van der Waals surface area contributed by atoms with Crippen molar-refractivity contribution in [1.82, 2.24) is 0 Å². The molecule has 1 N–H and O–H groups in total. The number of pyridine rings is 1. The highest BCUT2D eigenvalue weighted by Crippen LogP contribution is 2.46. The standard InChI is InChI=1S/C17H14N2S.ClH/c1-11-7-8-15-13(9-11)18-17-12-5-3-4-6-14(12)19(2)10-16(17)20-15;/h3-10H,1-2H3;1H. The predicted molar refractivity (Wildman–Crippen MR) is 83.7 cm³/mol. The van der Waals surface area contributed by atoms with Crippen molar-refractivity contribution in [3.8, 4) is 0 Å². The van der Waals surface area contributed by atoms with Crippen LogP contribution in [0.25, 0.3) is 10.9 Å². The Hall–Kier alpha value is -1.71. The monoisotopic (exact) mass is 314 g/mol. The summed E-state index contributed by atoms with van der Waals surface area (Å²) < 4.78 is 2.20. The Morgan fingerprint density at radius 1 is 1.05 bits per heavy atom. The lowest BCUT2D eigenvalue weighted by Gasteiger charge is -2.21. The molecule has 0 saturated heterocycles. The minimum atomic E-state index is 0. The lowest BCUT2D eigenvalue weighted by molar-refractivity contribution is -0.646. The van der Waals surface area contributed by atoms with Crippen molar-refractivity contribution in [2.24, 2.45) is 7.05 Å². The molecule has 4 heteroatoms. The summed E-state index contributed by atoms with van der Waals surface area (Å²) in [5.74, 6) is 0. The van der Waals surface area contributed by atoms with Crippen molar-refractivity contribution in [3.63, 3.8) is 0 Å². The second kappa shape index (κ2) is 5.24. The molecule has 3 aromatic rings. The first-order valence-electron chi connectivity index (χ1n) is 6.69. The molecule has 0 atom stereocenters. The molecule has 106 valence electrons. The van der Waals surface area contributed by atoms with Crippen molar-refractivity contribution in [3.05, 3.63) is 54.2 Å². The fraction of sp³-hybridized carbons (Fsp3) is 0.118. The lowest BCUT2D eigenvalue weighted by atomic mass is 10.1. The Bertz CT molecular complexity index is 846. The van der Waals surface area contributed by atoms with Crippen LogP contribution in [0.1, 0.15) is 5.56 Å². The van der Waals surface area contributed by atoms with Gasteiger partial charge < -0.3 is 17.7 Å². The molecule has 2 nitrogen and oxygen atoms in total. The van der Waals surface area contributed by atoms with Crippen LogP contribution in [-0.4, -0.2) is 0 Å². The Labute approximate surface area is 134 Å². The van der Waals surface area contributed by atoms with Crippen LogP contribution in [0.15, 0.2) is 58.5 Å². The Morgan fingerprint density at radius 3 is 2.71 bits per heavy atom. The molecule has 0 radical (unpaired) electrons. The summed E-state index contributed by atoms with van der Waals surface area (Å²) in [6.45, 7) is 2.13. The van der Waals surface area contributed by atoms with Crippen molar-refractivity contribution < 1.29 is 17.0 Å². The summed E-state index contributed by atoms with van der Waals surface area (Å²) in [5, 5.41) is 4.89. The van der Waals surface area contributed by atoms with Crippen LogP contribution >= 0.6 is 11.8 Å². The molecule has 2 aromatic carbocycles. The first-order valence-corrected chi connectivity index (χ1v) is 7.51. The van der Waals surface area contributed by atoms with E-state index >= 15 is 0 Å². The molecule has 4 rings (SSSR count). The van der Waals surface area contributed by atoms with E-state index in [0.29, 0.717) is 0 Å². The van der Waals surface area contributed by atoms with Gasteiger partial charge in [-0.2, -0.15) is 4.57 Å². The van der Waals surface area contributed by atoms with E-state index in [2.05, 4.69) is 72.5 Å². The molecule has 0 aliphatic carbocycles. The summed E-state index contributed by atoms with van der Waals surface area (Å²) in [4.78, 5) is 2.57. The minimum Gasteiger partial charge on any atom is -1.00 e. The van der Waals surface area contributed by atoms with E-state index in [4.69, 9.17) is 0 Å². The first-order chi connectivity index (χ1) is 9.72. The van der Waals surface area contributed by atoms with Crippen molar-refractivity contribution >= 4 is 34.0 Å². The first kappa shape index (κ1) is 14.2. The van der Waals surface area contributed by atoms with Gasteiger partial charge in [-0.15, -0.1) is 0 Å². The highest BCUT2D eigenvalue weighted by molar-refractivity contribution is 7.99. The van der Waals surface area contributed by atoms with E-state index in [-0.39, 0.29) is 12.4 Å². The van der Waals surface area contributed by atoms with Crippen LogP contribution in [0.2, 0.25) is 0 Å². The highest BCUT2D eigenvalue weighted by atomic mass is 35.5. The molecular formula is C17H15ClN2S. The zero-order chi connectivity index (χ0) is 13.7. The summed E-state index contributed by atoms with van der Waals surface area (Å²) in [7, 11) is 2.10. The van der Waals surface area contributed by atoms with Gasteiger partial charge >= 0.3 is 0 Å². The SMILES string of the molecule is Cc1ccc2c(c1)Nc1c(c[n+](C)c3ccccc13)S2.[Cl-]. The van der Waals surface area contributed by atoms with E-state index in [1.165, 1.54) is 37.6 Å². The van der Waals surface area contributed by atoms with Gasteiger partial charge in [0, 0.05) is 11.0 Å². The van der Waals surface area contributed by atoms with Crippen LogP contribution in [0.4, 0.5) is 11.4 Å². The normalized spacial score (nSPS) is 12.1. The summed E-state index contributed by atoms with van der Waals surface area (Å²) in [6, 6.07) is 15.1. The minimum absolute atomic E-state index is 0. The number of hydrogen-bond acceptors (Lipinski definition) is 2. The number of fused-ring (bicyclic) bond motifs is 4. The largest absolute Gasteiger partial charge is 1.00 e. The van der Waals surface area contributed by atoms with Gasteiger partial charge in [-0.25, -0.2) is 0 Å². The number of anilines is 2. The summed E-state index contributed by atoms with van der Waals surface area (Å²) >= 11 is 1.84. The highest BCUT2D eigenvalue weighted by Gasteiger charge is 2.22. The smallest absolute Gasteiger partial charge is 0.214 e. The summed E-state index contributed by atoms with van der Waals surface area (Å²) in [6.07, 6.45) is 2.21. The van der Waals surface area contributed by atoms with Gasteiger partial charge in [-0.3, -0.25) is 0 Å². The lowest BCUT2D eigenvalue weighted by Crippen LogP contribution is -3.00.